The second-order valence-electron chi connectivity index (χ2n) is 2.56. The van der Waals surface area contributed by atoms with Crippen LogP contribution in [0.3, 0.4) is 0 Å². The Labute approximate surface area is 89.5 Å². The summed E-state index contributed by atoms with van der Waals surface area (Å²) in [5.74, 6) is 0. The average Bonchev–Trinajstić information content (AvgIpc) is 2.54. The normalized spacial score (nSPS) is 10.2. The molecule has 0 amide bonds. The van der Waals surface area contributed by atoms with E-state index in [1.807, 2.05) is 0 Å². The first kappa shape index (κ1) is 9.17. The fourth-order valence-corrected chi connectivity index (χ4v) is 5.13. The van der Waals surface area contributed by atoms with E-state index >= 15 is 0 Å². The fourth-order valence-electron chi connectivity index (χ4n) is 0.914. The number of aromatic nitrogens is 2. The van der Waals surface area contributed by atoms with Gasteiger partial charge in [-0.1, -0.05) is 0 Å². The Bertz CT molecular complexity index is 384. The maximum atomic E-state index is 4.07. The Morgan fingerprint density at radius 1 is 1.23 bits per heavy atom. The van der Waals surface area contributed by atoms with Crippen LogP contribution in [0, 0.1) is 6.92 Å². The molecule has 0 radical (unpaired) electrons. The predicted molar refractivity (Wildman–Crippen MR) is 55.2 cm³/mol. The summed E-state index contributed by atoms with van der Waals surface area (Å²) in [6, 6.07) is 10.6. The zero-order valence-electron chi connectivity index (χ0n) is 7.10. The molecule has 0 bridgehead atoms. The summed E-state index contributed by atoms with van der Waals surface area (Å²) >= 11 is 0.717. The van der Waals surface area contributed by atoms with E-state index in [0.717, 1.165) is 5.69 Å². The minimum atomic E-state index is 0.278. The van der Waals surface area contributed by atoms with Crippen molar-refractivity contribution in [2.75, 3.05) is 0 Å². The van der Waals surface area contributed by atoms with Gasteiger partial charge in [-0.2, -0.15) is 0 Å². The van der Waals surface area contributed by atoms with E-state index in [4.69, 9.17) is 0 Å². The molecule has 4 heteroatoms. The van der Waals surface area contributed by atoms with Crippen molar-refractivity contribution in [3.8, 4) is 0 Å². The van der Waals surface area contributed by atoms with Gasteiger partial charge in [-0.15, -0.1) is 0 Å². The van der Waals surface area contributed by atoms with Crippen LogP contribution >= 0.6 is 0 Å². The fraction of sp³-hybridized carbons (Fsp3) is 0.111. The van der Waals surface area contributed by atoms with Gasteiger partial charge in [-0.25, -0.2) is 0 Å². The van der Waals surface area contributed by atoms with Crippen LogP contribution in [-0.4, -0.2) is 38.9 Å². The van der Waals surface area contributed by atoms with Crippen LogP contribution in [-0.2, 0) is 0 Å². The molecule has 0 saturated carbocycles. The minimum absolute atomic E-state index is 0.278. The quantitative estimate of drug-likeness (QED) is 0.699. The Hall–Kier alpha value is -0.401. The topological polar surface area (TPSA) is 25.8 Å². The van der Waals surface area contributed by atoms with Crippen molar-refractivity contribution in [1.29, 1.82) is 0 Å². The van der Waals surface area contributed by atoms with E-state index in [-0.39, 0.29) is 14.7 Å². The maximum absolute atomic E-state index is 4.07. The van der Waals surface area contributed by atoms with Crippen molar-refractivity contribution in [2.24, 2.45) is 0 Å². The molecule has 0 atom stereocenters. The Morgan fingerprint density at radius 2 is 2.00 bits per heavy atom. The van der Waals surface area contributed by atoms with Gasteiger partial charge in [0.05, 0.1) is 0 Å². The van der Waals surface area contributed by atoms with Crippen LogP contribution in [0.5, 0.6) is 0 Å². The van der Waals surface area contributed by atoms with Gasteiger partial charge in [-0.3, -0.25) is 0 Å². The average molecular weight is 302 g/mol. The zero-order valence-corrected chi connectivity index (χ0v) is 10.5. The second-order valence-corrected chi connectivity index (χ2v) is 7.73. The van der Waals surface area contributed by atoms with E-state index in [1.165, 1.54) is 7.80 Å². The molecule has 2 aromatic rings. The van der Waals surface area contributed by atoms with Crippen molar-refractivity contribution in [2.45, 2.75) is 6.92 Å². The molecule has 0 saturated heterocycles. The van der Waals surface area contributed by atoms with E-state index in [1.54, 1.807) is 0 Å². The van der Waals surface area contributed by atoms with E-state index in [9.17, 15) is 0 Å². The predicted octanol–water partition coefficient (Wildman–Crippen LogP) is -0.503. The van der Waals surface area contributed by atoms with Gasteiger partial charge in [0.25, 0.3) is 0 Å². The molecular weight excluding hydrogens is 294 g/mol. The molecule has 0 aliphatic rings. The van der Waals surface area contributed by atoms with Gasteiger partial charge < -0.3 is 0 Å². The number of hydrogen-bond acceptors (Lipinski definition) is 2. The van der Waals surface area contributed by atoms with Gasteiger partial charge in [0.15, 0.2) is 0 Å². The molecule has 0 aliphatic carbocycles. The van der Waals surface area contributed by atoms with Crippen LogP contribution in [0.4, 0.5) is 0 Å². The Kier molecular flexibility index (Phi) is 2.97. The van der Waals surface area contributed by atoms with Gasteiger partial charge in [0.1, 0.15) is 0 Å². The van der Waals surface area contributed by atoms with Crippen LogP contribution in [0.2, 0.25) is 0 Å². The number of benzene rings is 1. The monoisotopic (exact) mass is 304 g/mol. The number of nitrogens with zero attached hydrogens (tertiary/aromatic N) is 2. The SMILES string of the molecule is Cc1nn[se]c1[Se]c1ccccc1. The third-order valence-electron chi connectivity index (χ3n) is 1.56. The van der Waals surface area contributed by atoms with E-state index in [0.29, 0.717) is 15.0 Å². The van der Waals surface area contributed by atoms with Crippen molar-refractivity contribution in [3.63, 3.8) is 0 Å². The summed E-state index contributed by atoms with van der Waals surface area (Å²) in [7, 11) is 0. The summed E-state index contributed by atoms with van der Waals surface area (Å²) in [6.07, 6.45) is 0. The van der Waals surface area contributed by atoms with E-state index in [2.05, 4.69) is 46.4 Å². The molecular formula is C9H8N2Se2. The van der Waals surface area contributed by atoms with Crippen molar-refractivity contribution >= 4 is 37.5 Å². The number of aryl methyl sites for hydroxylation is 1. The van der Waals surface area contributed by atoms with Crippen LogP contribution < -0.4 is 7.80 Å². The molecule has 2 nitrogen and oxygen atoms in total. The summed E-state index contributed by atoms with van der Waals surface area (Å²) in [5.41, 5.74) is 1.14. The first-order chi connectivity index (χ1) is 6.36. The third-order valence-corrected chi connectivity index (χ3v) is 6.67. The van der Waals surface area contributed by atoms with Gasteiger partial charge in [-0.05, 0) is 0 Å². The first-order valence-electron chi connectivity index (χ1n) is 3.88. The zero-order chi connectivity index (χ0) is 9.10. The number of rotatable bonds is 2. The second kappa shape index (κ2) is 4.21. The molecule has 1 heterocycles. The molecule has 0 aliphatic heterocycles. The van der Waals surface area contributed by atoms with Crippen LogP contribution in [0.15, 0.2) is 30.3 Å². The summed E-state index contributed by atoms with van der Waals surface area (Å²) in [6.45, 7) is 2.05. The van der Waals surface area contributed by atoms with Crippen LogP contribution in [0.25, 0.3) is 0 Å². The van der Waals surface area contributed by atoms with Crippen molar-refractivity contribution < 1.29 is 0 Å². The molecule has 0 N–H and O–H groups in total. The Balaban J connectivity index is 2.20. The van der Waals surface area contributed by atoms with Gasteiger partial charge in [0, 0.05) is 0 Å². The van der Waals surface area contributed by atoms with Gasteiger partial charge >= 0.3 is 89.6 Å². The summed E-state index contributed by atoms with van der Waals surface area (Å²) < 4.78 is 6.95. The molecule has 13 heavy (non-hydrogen) atoms. The summed E-state index contributed by atoms with van der Waals surface area (Å²) in [4.78, 5) is 0. The third kappa shape index (κ3) is 2.29. The molecule has 0 spiro atoms. The Morgan fingerprint density at radius 3 is 2.62 bits per heavy atom. The van der Waals surface area contributed by atoms with Gasteiger partial charge in [0.2, 0.25) is 0 Å². The molecule has 1 aromatic carbocycles. The number of hydrogen-bond donors (Lipinski definition) is 0. The van der Waals surface area contributed by atoms with E-state index < -0.39 is 0 Å². The van der Waals surface area contributed by atoms with Crippen molar-refractivity contribution in [1.82, 2.24) is 9.19 Å². The van der Waals surface area contributed by atoms with Crippen molar-refractivity contribution in [3.05, 3.63) is 36.0 Å². The standard InChI is InChI=1S/C9H8N2Se2/c1-7-9(13-11-10-7)12-8-5-3-2-4-6-8/h2-6H,1H3. The molecule has 0 unspecified atom stereocenters. The molecule has 2 rings (SSSR count). The van der Waals surface area contributed by atoms with Crippen LogP contribution in [0.1, 0.15) is 5.69 Å². The first-order valence-corrected chi connectivity index (χ1v) is 7.21. The molecule has 66 valence electrons. The molecule has 1 aromatic heterocycles. The molecule has 0 fully saturated rings. The summed E-state index contributed by atoms with van der Waals surface area (Å²) in [5, 5.41) is 4.06.